The Balaban J connectivity index is 1.57. The number of hydrogen-bond donors (Lipinski definition) is 0. The van der Waals surface area contributed by atoms with Crippen LogP contribution in [0.1, 0.15) is 31.2 Å². The molecule has 0 saturated carbocycles. The molecule has 0 bridgehead atoms. The number of aromatic nitrogens is 5. The number of unbranched alkanes of at least 4 members (excludes halogenated alkanes) is 1. The molecule has 1 aliphatic rings. The molecule has 9 heteroatoms. The fourth-order valence-electron chi connectivity index (χ4n) is 3.70. The first-order valence-corrected chi connectivity index (χ1v) is 9.53. The lowest BCUT2D eigenvalue weighted by Gasteiger charge is -2.38. The van der Waals surface area contributed by atoms with Crippen LogP contribution in [-0.2, 0) is 31.3 Å². The molecule has 3 aromatic heterocycles. The minimum atomic E-state index is -0.337. The molecule has 1 fully saturated rings. The number of ether oxygens (including phenoxy) is 1. The van der Waals surface area contributed by atoms with Crippen LogP contribution in [0, 0.1) is 12.3 Å². The molecule has 0 atom stereocenters. The smallest absolute Gasteiger partial charge is 0.332 e. The molecule has 1 saturated heterocycles. The maximum Gasteiger partial charge on any atom is 0.332 e. The Bertz CT molecular complexity index is 1120. The normalized spacial score (nSPS) is 15.8. The Labute approximate surface area is 161 Å². The third kappa shape index (κ3) is 3.30. The van der Waals surface area contributed by atoms with Crippen molar-refractivity contribution < 1.29 is 9.26 Å². The number of fused-ring (bicyclic) bond motifs is 1. The van der Waals surface area contributed by atoms with Gasteiger partial charge in [-0.15, -0.1) is 0 Å². The van der Waals surface area contributed by atoms with Gasteiger partial charge in [0.05, 0.1) is 25.2 Å². The highest BCUT2D eigenvalue weighted by Gasteiger charge is 2.34. The van der Waals surface area contributed by atoms with Gasteiger partial charge in [-0.1, -0.05) is 12.1 Å². The van der Waals surface area contributed by atoms with Crippen LogP contribution in [0.3, 0.4) is 0 Å². The van der Waals surface area contributed by atoms with Gasteiger partial charge in [0.15, 0.2) is 11.2 Å². The monoisotopic (exact) mass is 387 g/mol. The molecule has 0 spiro atoms. The summed E-state index contributed by atoms with van der Waals surface area (Å²) in [5, 5.41) is 3.87. The Morgan fingerprint density at radius 2 is 2.04 bits per heavy atom. The highest BCUT2D eigenvalue weighted by atomic mass is 16.5. The Morgan fingerprint density at radius 3 is 2.68 bits per heavy atom. The molecule has 28 heavy (non-hydrogen) atoms. The van der Waals surface area contributed by atoms with Gasteiger partial charge in [-0.2, -0.15) is 0 Å². The molecule has 4 heterocycles. The van der Waals surface area contributed by atoms with Crippen molar-refractivity contribution in [1.82, 2.24) is 23.8 Å². The van der Waals surface area contributed by atoms with Crippen LogP contribution < -0.4 is 11.2 Å². The average molecular weight is 387 g/mol. The van der Waals surface area contributed by atoms with Gasteiger partial charge >= 0.3 is 5.69 Å². The summed E-state index contributed by atoms with van der Waals surface area (Å²) in [6.07, 6.45) is 3.87. The minimum Gasteiger partial charge on any atom is -0.380 e. The lowest BCUT2D eigenvalue weighted by atomic mass is 9.88. The molecule has 3 aromatic rings. The molecule has 1 aliphatic heterocycles. The van der Waals surface area contributed by atoms with Gasteiger partial charge < -0.3 is 13.8 Å². The third-order valence-corrected chi connectivity index (χ3v) is 5.29. The first kappa shape index (κ1) is 18.7. The maximum absolute atomic E-state index is 13.1. The van der Waals surface area contributed by atoms with Gasteiger partial charge in [-0.25, -0.2) is 9.78 Å². The van der Waals surface area contributed by atoms with Crippen LogP contribution in [0.2, 0.25) is 0 Å². The van der Waals surface area contributed by atoms with E-state index in [0.29, 0.717) is 43.9 Å². The second-order valence-electron chi connectivity index (χ2n) is 8.04. The number of imidazole rings is 1. The molecule has 9 nitrogen and oxygen atoms in total. The van der Waals surface area contributed by atoms with Crippen molar-refractivity contribution in [2.45, 2.75) is 46.2 Å². The van der Waals surface area contributed by atoms with E-state index in [9.17, 15) is 9.59 Å². The fraction of sp³-hybridized carbons (Fsp3) is 0.579. The molecule has 0 unspecified atom stereocenters. The summed E-state index contributed by atoms with van der Waals surface area (Å²) in [4.78, 5) is 30.0. The van der Waals surface area contributed by atoms with E-state index in [0.717, 1.165) is 24.3 Å². The lowest BCUT2D eigenvalue weighted by Crippen LogP contribution is -2.44. The molecule has 4 rings (SSSR count). The quantitative estimate of drug-likeness (QED) is 0.566. The summed E-state index contributed by atoms with van der Waals surface area (Å²) in [7, 11) is 1.66. The highest BCUT2D eigenvalue weighted by Crippen LogP contribution is 2.29. The molecule has 0 N–H and O–H groups in total. The zero-order valence-corrected chi connectivity index (χ0v) is 16.5. The van der Waals surface area contributed by atoms with Crippen molar-refractivity contribution in [3.05, 3.63) is 44.7 Å². The largest absolute Gasteiger partial charge is 0.380 e. The number of hydrogen-bond acceptors (Lipinski definition) is 6. The van der Waals surface area contributed by atoms with Gasteiger partial charge in [0, 0.05) is 38.0 Å². The van der Waals surface area contributed by atoms with E-state index >= 15 is 0 Å². The van der Waals surface area contributed by atoms with Crippen molar-refractivity contribution in [1.29, 1.82) is 0 Å². The Kier molecular flexibility index (Phi) is 4.70. The van der Waals surface area contributed by atoms with Crippen LogP contribution in [0.25, 0.3) is 11.2 Å². The van der Waals surface area contributed by atoms with Crippen LogP contribution in [0.5, 0.6) is 0 Å². The molecule has 0 aromatic carbocycles. The van der Waals surface area contributed by atoms with Crippen LogP contribution in [0.15, 0.2) is 26.5 Å². The summed E-state index contributed by atoms with van der Waals surface area (Å²) in [5.74, 6) is 0.822. The van der Waals surface area contributed by atoms with Crippen LogP contribution in [-0.4, -0.2) is 37.1 Å². The van der Waals surface area contributed by atoms with Gasteiger partial charge in [-0.3, -0.25) is 13.9 Å². The van der Waals surface area contributed by atoms with Crippen molar-refractivity contribution in [3.63, 3.8) is 0 Å². The molecule has 0 aliphatic carbocycles. The zero-order valence-electron chi connectivity index (χ0n) is 16.5. The standard InChI is InChI=1S/C19H25N5O4/c1-13-8-14(28-21-13)6-4-5-7-24-17(25)15-16(22(3)18(24)26)20-12-23(15)9-19(2)10-27-11-19/h8,12H,4-7,9-11H2,1-3H3. The predicted octanol–water partition coefficient (Wildman–Crippen LogP) is 1.25. The number of rotatable bonds is 7. The van der Waals surface area contributed by atoms with Gasteiger partial charge in [0.2, 0.25) is 0 Å². The van der Waals surface area contributed by atoms with Crippen molar-refractivity contribution in [2.75, 3.05) is 13.2 Å². The van der Waals surface area contributed by atoms with E-state index in [1.807, 2.05) is 17.6 Å². The van der Waals surface area contributed by atoms with Crippen molar-refractivity contribution in [2.24, 2.45) is 12.5 Å². The van der Waals surface area contributed by atoms with E-state index in [1.54, 1.807) is 13.4 Å². The van der Waals surface area contributed by atoms with Crippen LogP contribution >= 0.6 is 0 Å². The highest BCUT2D eigenvalue weighted by molar-refractivity contribution is 5.70. The van der Waals surface area contributed by atoms with Crippen molar-refractivity contribution in [3.8, 4) is 0 Å². The molecular formula is C19H25N5O4. The first-order chi connectivity index (χ1) is 13.4. The Hall–Kier alpha value is -2.68. The van der Waals surface area contributed by atoms with Gasteiger partial charge in [-0.05, 0) is 19.8 Å². The fourth-order valence-corrected chi connectivity index (χ4v) is 3.70. The second-order valence-corrected chi connectivity index (χ2v) is 8.04. The van der Waals surface area contributed by atoms with Gasteiger partial charge in [0.1, 0.15) is 5.76 Å². The molecule has 0 amide bonds. The molecule has 0 radical (unpaired) electrons. The van der Waals surface area contributed by atoms with E-state index in [1.165, 1.54) is 9.13 Å². The van der Waals surface area contributed by atoms with E-state index in [-0.39, 0.29) is 16.7 Å². The summed E-state index contributed by atoms with van der Waals surface area (Å²) in [6.45, 7) is 6.32. The summed E-state index contributed by atoms with van der Waals surface area (Å²) < 4.78 is 15.1. The van der Waals surface area contributed by atoms with E-state index < -0.39 is 0 Å². The summed E-state index contributed by atoms with van der Waals surface area (Å²) in [6, 6.07) is 1.90. The number of nitrogens with zero attached hydrogens (tertiary/aromatic N) is 5. The average Bonchev–Trinajstić information content (AvgIpc) is 3.24. The second kappa shape index (κ2) is 7.05. The van der Waals surface area contributed by atoms with Crippen LogP contribution in [0.4, 0.5) is 0 Å². The number of aryl methyl sites for hydroxylation is 3. The molecular weight excluding hydrogens is 362 g/mol. The Morgan fingerprint density at radius 1 is 1.25 bits per heavy atom. The molecule has 150 valence electrons. The lowest BCUT2D eigenvalue weighted by molar-refractivity contribution is -0.109. The SMILES string of the molecule is Cc1cc(CCCCn2c(=O)c3c(ncn3CC3(C)COC3)n(C)c2=O)on1. The van der Waals surface area contributed by atoms with E-state index in [4.69, 9.17) is 9.26 Å². The first-order valence-electron chi connectivity index (χ1n) is 9.53. The van der Waals surface area contributed by atoms with Crippen molar-refractivity contribution >= 4 is 11.2 Å². The minimum absolute atomic E-state index is 0.00514. The third-order valence-electron chi connectivity index (χ3n) is 5.29. The van der Waals surface area contributed by atoms with Gasteiger partial charge in [0.25, 0.3) is 5.56 Å². The zero-order chi connectivity index (χ0) is 19.9. The maximum atomic E-state index is 13.1. The summed E-state index contributed by atoms with van der Waals surface area (Å²) in [5.41, 5.74) is 1.12. The predicted molar refractivity (Wildman–Crippen MR) is 102 cm³/mol. The van der Waals surface area contributed by atoms with E-state index in [2.05, 4.69) is 17.1 Å². The topological polar surface area (TPSA) is 97.1 Å². The summed E-state index contributed by atoms with van der Waals surface area (Å²) >= 11 is 0.